The zero-order valence-electron chi connectivity index (χ0n) is 19.1. The van der Waals surface area contributed by atoms with Gasteiger partial charge in [0.2, 0.25) is 0 Å². The molecule has 0 bridgehead atoms. The summed E-state index contributed by atoms with van der Waals surface area (Å²) >= 11 is 0. The van der Waals surface area contributed by atoms with Gasteiger partial charge in [0, 0.05) is 11.6 Å². The van der Waals surface area contributed by atoms with Gasteiger partial charge < -0.3 is 14.2 Å². The lowest BCUT2D eigenvalue weighted by atomic mass is 9.86. The average Bonchev–Trinajstić information content (AvgIpc) is 2.73. The Morgan fingerprint density at radius 1 is 0.971 bits per heavy atom. The Bertz CT molecular complexity index is 1110. The molecule has 2 rings (SSSR count). The number of nitrogens with one attached hydrogen (secondary N) is 1. The van der Waals surface area contributed by atoms with Gasteiger partial charge in [0.05, 0.1) is 13.5 Å². The van der Waals surface area contributed by atoms with Crippen LogP contribution in [0.3, 0.4) is 0 Å². The molecule has 2 aromatic rings. The molecule has 2 aromatic carbocycles. The molecule has 0 saturated heterocycles. The van der Waals surface area contributed by atoms with Crippen LogP contribution in [0.4, 0.5) is 13.2 Å². The maximum absolute atomic E-state index is 12.7. The molecule has 11 heteroatoms. The van der Waals surface area contributed by atoms with E-state index in [1.54, 1.807) is 12.1 Å². The van der Waals surface area contributed by atoms with Crippen LogP contribution in [0.1, 0.15) is 48.7 Å². The Balaban J connectivity index is 2.14. The van der Waals surface area contributed by atoms with Crippen molar-refractivity contribution in [2.75, 3.05) is 7.11 Å². The molecule has 0 heterocycles. The number of amides is 1. The number of carbonyl (C=O) groups excluding carboxylic acids is 2. The molecule has 0 unspecified atom stereocenters. The number of alkyl halides is 3. The first kappa shape index (κ1) is 27.2. The van der Waals surface area contributed by atoms with Crippen molar-refractivity contribution in [2.45, 2.75) is 50.6 Å². The van der Waals surface area contributed by atoms with Crippen molar-refractivity contribution in [2.24, 2.45) is 0 Å². The van der Waals surface area contributed by atoms with E-state index in [4.69, 9.17) is 0 Å². The van der Waals surface area contributed by atoms with Gasteiger partial charge in [0.25, 0.3) is 5.91 Å². The molecule has 0 aromatic heterocycles. The van der Waals surface area contributed by atoms with Crippen LogP contribution in [0.5, 0.6) is 5.75 Å². The lowest BCUT2D eigenvalue weighted by molar-refractivity contribution is -0.141. The minimum Gasteiger partial charge on any atom is -0.469 e. The minimum absolute atomic E-state index is 0.0856. The second-order valence-electron chi connectivity index (χ2n) is 8.61. The van der Waals surface area contributed by atoms with Gasteiger partial charge in [-0.25, -0.2) is 0 Å². The summed E-state index contributed by atoms with van der Waals surface area (Å²) in [4.78, 5) is 24.5. The number of halogens is 3. The molecule has 7 nitrogen and oxygen atoms in total. The molecule has 0 fully saturated rings. The number of esters is 1. The molecule has 1 atom stereocenters. The molecular weight excluding hydrogens is 475 g/mol. The third-order valence-electron chi connectivity index (χ3n) is 4.88. The fourth-order valence-electron chi connectivity index (χ4n) is 2.99. The van der Waals surface area contributed by atoms with Gasteiger partial charge in [-0.1, -0.05) is 45.0 Å². The lowest BCUT2D eigenvalue weighted by Crippen LogP contribution is -2.38. The molecule has 0 radical (unpaired) electrons. The first-order chi connectivity index (χ1) is 15.6. The summed E-state index contributed by atoms with van der Waals surface area (Å²) in [6, 6.07) is 11.2. The Kier molecular flexibility index (Phi) is 8.35. The highest BCUT2D eigenvalue weighted by Gasteiger charge is 2.48. The first-order valence-corrected chi connectivity index (χ1v) is 11.6. The second kappa shape index (κ2) is 10.5. The van der Waals surface area contributed by atoms with Gasteiger partial charge in [-0.05, 0) is 47.2 Å². The molecule has 34 heavy (non-hydrogen) atoms. The van der Waals surface area contributed by atoms with Gasteiger partial charge >= 0.3 is 21.6 Å². The van der Waals surface area contributed by atoms with Crippen LogP contribution in [0.2, 0.25) is 0 Å². The van der Waals surface area contributed by atoms with E-state index in [-0.39, 0.29) is 18.3 Å². The number of hydrogen-bond acceptors (Lipinski definition) is 6. The van der Waals surface area contributed by atoms with E-state index in [2.05, 4.69) is 14.2 Å². The topological polar surface area (TPSA) is 98.8 Å². The number of rotatable bonds is 8. The van der Waals surface area contributed by atoms with Crippen molar-refractivity contribution in [1.82, 2.24) is 5.32 Å². The van der Waals surface area contributed by atoms with Gasteiger partial charge in [-0.3, -0.25) is 9.59 Å². The number of carbonyl (C=O) groups is 2. The Morgan fingerprint density at radius 2 is 1.53 bits per heavy atom. The fraction of sp³-hybridized carbons (Fsp3) is 0.391. The van der Waals surface area contributed by atoms with Crippen LogP contribution >= 0.6 is 0 Å². The fourth-order valence-corrected chi connectivity index (χ4v) is 3.45. The maximum atomic E-state index is 12.7. The van der Waals surface area contributed by atoms with E-state index in [1.165, 1.54) is 19.2 Å². The van der Waals surface area contributed by atoms with Crippen LogP contribution in [0, 0.1) is 0 Å². The largest absolute Gasteiger partial charge is 0.534 e. The van der Waals surface area contributed by atoms with Gasteiger partial charge in [0.15, 0.2) is 0 Å². The highest BCUT2D eigenvalue weighted by Crippen LogP contribution is 2.27. The third kappa shape index (κ3) is 7.47. The summed E-state index contributed by atoms with van der Waals surface area (Å²) in [5, 5.41) is 2.76. The highest BCUT2D eigenvalue weighted by atomic mass is 32.2. The summed E-state index contributed by atoms with van der Waals surface area (Å²) in [7, 11) is -4.58. The van der Waals surface area contributed by atoms with E-state index in [9.17, 15) is 31.2 Å². The molecular formula is C23H26F3NO6S. The zero-order chi connectivity index (χ0) is 25.7. The molecule has 1 amide bonds. The predicted molar refractivity (Wildman–Crippen MR) is 119 cm³/mol. The smallest absolute Gasteiger partial charge is 0.469 e. The van der Waals surface area contributed by atoms with Crippen LogP contribution in [0.15, 0.2) is 48.5 Å². The van der Waals surface area contributed by atoms with E-state index >= 15 is 0 Å². The highest BCUT2D eigenvalue weighted by molar-refractivity contribution is 7.88. The first-order valence-electron chi connectivity index (χ1n) is 10.2. The number of ether oxygens (including phenoxy) is 1. The SMILES string of the molecule is COC(=O)C[C@H](Cc1ccc(OS(=O)(=O)C(F)(F)F)cc1)NC(=O)c1ccc(C(C)(C)C)cc1. The van der Waals surface area contributed by atoms with Crippen molar-refractivity contribution < 1.29 is 40.1 Å². The van der Waals surface area contributed by atoms with E-state index in [1.807, 2.05) is 32.9 Å². The zero-order valence-corrected chi connectivity index (χ0v) is 19.9. The van der Waals surface area contributed by atoms with Gasteiger partial charge in [0.1, 0.15) is 5.75 Å². The summed E-state index contributed by atoms with van der Waals surface area (Å²) in [5.41, 5.74) is -3.67. The summed E-state index contributed by atoms with van der Waals surface area (Å²) in [6.07, 6.45) is -0.0176. The summed E-state index contributed by atoms with van der Waals surface area (Å²) < 4.78 is 68.4. The van der Waals surface area contributed by atoms with E-state index in [0.29, 0.717) is 11.1 Å². The molecule has 0 aliphatic rings. The Morgan fingerprint density at radius 3 is 2.00 bits per heavy atom. The van der Waals surface area contributed by atoms with Crippen molar-refractivity contribution in [3.05, 3.63) is 65.2 Å². The minimum atomic E-state index is -5.78. The molecule has 186 valence electrons. The van der Waals surface area contributed by atoms with Crippen molar-refractivity contribution in [3.63, 3.8) is 0 Å². The quantitative estimate of drug-likeness (QED) is 0.332. The second-order valence-corrected chi connectivity index (χ2v) is 10.1. The molecule has 0 saturated carbocycles. The van der Waals surface area contributed by atoms with Crippen LogP contribution in [-0.2, 0) is 31.5 Å². The average molecular weight is 502 g/mol. The number of benzene rings is 2. The van der Waals surface area contributed by atoms with E-state index in [0.717, 1.165) is 17.7 Å². The van der Waals surface area contributed by atoms with Crippen LogP contribution in [0.25, 0.3) is 0 Å². The molecule has 0 aliphatic carbocycles. The predicted octanol–water partition coefficient (Wildman–Crippen LogP) is 4.12. The standard InChI is InChI=1S/C23H26F3NO6S/c1-22(2,3)17-9-7-16(8-10-17)21(29)27-18(14-20(28)32-4)13-15-5-11-19(12-6-15)33-34(30,31)23(24,25)26/h5-12,18H,13-14H2,1-4H3,(H,27,29)/t18-/m0/s1. The lowest BCUT2D eigenvalue weighted by Gasteiger charge is -2.20. The maximum Gasteiger partial charge on any atom is 0.534 e. The summed E-state index contributed by atoms with van der Waals surface area (Å²) in [6.45, 7) is 6.13. The number of hydrogen-bond donors (Lipinski definition) is 1. The summed E-state index contributed by atoms with van der Waals surface area (Å²) in [5.74, 6) is -1.50. The molecule has 1 N–H and O–H groups in total. The molecule has 0 spiro atoms. The Labute approximate surface area is 196 Å². The normalized spacial score (nSPS) is 13.1. The van der Waals surface area contributed by atoms with Gasteiger partial charge in [-0.15, -0.1) is 0 Å². The van der Waals surface area contributed by atoms with Crippen LogP contribution in [-0.4, -0.2) is 39.0 Å². The Hall–Kier alpha value is -3.08. The third-order valence-corrected chi connectivity index (χ3v) is 5.86. The molecule has 0 aliphatic heterocycles. The van der Waals surface area contributed by atoms with Crippen molar-refractivity contribution in [3.8, 4) is 5.75 Å². The monoisotopic (exact) mass is 501 g/mol. The van der Waals surface area contributed by atoms with Gasteiger partial charge in [-0.2, -0.15) is 21.6 Å². The van der Waals surface area contributed by atoms with Crippen molar-refractivity contribution >= 4 is 22.0 Å². The van der Waals surface area contributed by atoms with Crippen molar-refractivity contribution in [1.29, 1.82) is 0 Å². The van der Waals surface area contributed by atoms with E-state index < -0.39 is 39.3 Å². The number of methoxy groups -OCH3 is 1. The van der Waals surface area contributed by atoms with Crippen LogP contribution < -0.4 is 9.50 Å².